The van der Waals surface area contributed by atoms with Gasteiger partial charge in [-0.2, -0.15) is 0 Å². The molecule has 0 saturated heterocycles. The maximum Gasteiger partial charge on any atom is 0.326 e. The molecule has 0 aromatic heterocycles. The van der Waals surface area contributed by atoms with Gasteiger partial charge in [0, 0.05) is 6.42 Å². The van der Waals surface area contributed by atoms with E-state index >= 15 is 0 Å². The zero-order valence-corrected chi connectivity index (χ0v) is 22.1. The maximum absolute atomic E-state index is 12.6. The Morgan fingerprint density at radius 3 is 1.85 bits per heavy atom. The van der Waals surface area contributed by atoms with Gasteiger partial charge in [0.05, 0.1) is 19.5 Å². The van der Waals surface area contributed by atoms with Gasteiger partial charge in [-0.05, 0) is 39.2 Å². The first kappa shape index (κ1) is 35.7. The number of amides is 6. The molecule has 0 bridgehead atoms. The summed E-state index contributed by atoms with van der Waals surface area (Å²) in [5.41, 5.74) is 15.7. The number of hydrogen-bond acceptors (Lipinski definition) is 10. The van der Waals surface area contributed by atoms with Crippen molar-refractivity contribution in [3.63, 3.8) is 0 Å². The van der Waals surface area contributed by atoms with Crippen LogP contribution in [0.3, 0.4) is 0 Å². The van der Waals surface area contributed by atoms with Crippen molar-refractivity contribution in [2.24, 2.45) is 17.2 Å². The fourth-order valence-corrected chi connectivity index (χ4v) is 3.17. The molecule has 0 aromatic carbocycles. The predicted molar refractivity (Wildman–Crippen MR) is 137 cm³/mol. The van der Waals surface area contributed by atoms with Crippen molar-refractivity contribution in [1.82, 2.24) is 26.6 Å². The van der Waals surface area contributed by atoms with Crippen molar-refractivity contribution in [3.8, 4) is 0 Å². The topological polar surface area (TPSA) is 315 Å². The van der Waals surface area contributed by atoms with Gasteiger partial charge in [-0.25, -0.2) is 4.79 Å². The van der Waals surface area contributed by atoms with Crippen molar-refractivity contribution in [1.29, 1.82) is 0 Å². The van der Waals surface area contributed by atoms with Crippen LogP contribution in [-0.2, 0) is 38.4 Å². The SMILES string of the molecule is C[C@H](NC(=O)CNC(=O)[C@H](CCCCN)NC(=O)CN)C(=O)N[C@@H](CCC(=O)O)C(=O)N[C@@H](CC(N)=O)C(=O)O. The van der Waals surface area contributed by atoms with Crippen molar-refractivity contribution in [2.45, 2.75) is 69.6 Å². The third kappa shape index (κ3) is 15.2. The number of carboxylic acids is 2. The molecule has 0 fully saturated rings. The molecule has 0 aliphatic carbocycles. The van der Waals surface area contributed by atoms with Crippen LogP contribution in [0, 0.1) is 0 Å². The van der Waals surface area contributed by atoms with Crippen LogP contribution in [0.2, 0.25) is 0 Å². The van der Waals surface area contributed by atoms with Gasteiger partial charge in [0.25, 0.3) is 0 Å². The van der Waals surface area contributed by atoms with E-state index in [0.29, 0.717) is 19.4 Å². The van der Waals surface area contributed by atoms with Crippen molar-refractivity contribution < 1.29 is 48.6 Å². The molecule has 226 valence electrons. The number of nitrogens with one attached hydrogen (secondary N) is 5. The number of carbonyl (C=O) groups is 8. The lowest BCUT2D eigenvalue weighted by molar-refractivity contribution is -0.144. The van der Waals surface area contributed by atoms with Crippen LogP contribution in [0.1, 0.15) is 45.4 Å². The lowest BCUT2D eigenvalue weighted by atomic mass is 10.1. The van der Waals surface area contributed by atoms with E-state index in [1.807, 2.05) is 5.32 Å². The van der Waals surface area contributed by atoms with E-state index in [2.05, 4.69) is 21.3 Å². The largest absolute Gasteiger partial charge is 0.481 e. The summed E-state index contributed by atoms with van der Waals surface area (Å²) < 4.78 is 0. The minimum Gasteiger partial charge on any atom is -0.481 e. The van der Waals surface area contributed by atoms with Crippen molar-refractivity contribution >= 4 is 47.4 Å². The summed E-state index contributed by atoms with van der Waals surface area (Å²) in [6.07, 6.45) is -0.392. The van der Waals surface area contributed by atoms with Crippen LogP contribution in [0.25, 0.3) is 0 Å². The zero-order chi connectivity index (χ0) is 30.8. The molecule has 0 radical (unpaired) electrons. The summed E-state index contributed by atoms with van der Waals surface area (Å²) in [5.74, 6) is -7.97. The highest BCUT2D eigenvalue weighted by Crippen LogP contribution is 2.03. The minimum absolute atomic E-state index is 0.247. The first-order valence-corrected chi connectivity index (χ1v) is 12.3. The number of carboxylic acid groups (broad SMARTS) is 2. The van der Waals surface area contributed by atoms with Gasteiger partial charge in [-0.1, -0.05) is 0 Å². The fourth-order valence-electron chi connectivity index (χ4n) is 3.17. The van der Waals surface area contributed by atoms with Gasteiger partial charge in [-0.3, -0.25) is 33.6 Å². The van der Waals surface area contributed by atoms with Gasteiger partial charge in [0.2, 0.25) is 35.4 Å². The van der Waals surface area contributed by atoms with E-state index in [1.54, 1.807) is 0 Å². The first-order chi connectivity index (χ1) is 18.7. The summed E-state index contributed by atoms with van der Waals surface area (Å²) in [5, 5.41) is 29.4. The van der Waals surface area contributed by atoms with Gasteiger partial charge >= 0.3 is 11.9 Å². The number of hydrogen-bond donors (Lipinski definition) is 10. The fraction of sp³-hybridized carbons (Fsp3) is 0.636. The molecule has 0 spiro atoms. The smallest absolute Gasteiger partial charge is 0.326 e. The van der Waals surface area contributed by atoms with E-state index in [0.717, 1.165) is 0 Å². The lowest BCUT2D eigenvalue weighted by Gasteiger charge is -2.23. The zero-order valence-electron chi connectivity index (χ0n) is 22.1. The quantitative estimate of drug-likeness (QED) is 0.0611. The monoisotopic (exact) mass is 574 g/mol. The molecule has 0 aliphatic rings. The second-order valence-corrected chi connectivity index (χ2v) is 8.68. The molecule has 40 heavy (non-hydrogen) atoms. The Kier molecular flexibility index (Phi) is 16.8. The Bertz CT molecular complexity index is 945. The van der Waals surface area contributed by atoms with Crippen molar-refractivity contribution in [3.05, 3.63) is 0 Å². The van der Waals surface area contributed by atoms with Crippen LogP contribution in [0.4, 0.5) is 0 Å². The summed E-state index contributed by atoms with van der Waals surface area (Å²) in [6, 6.07) is -5.49. The average Bonchev–Trinajstić information content (AvgIpc) is 2.87. The molecule has 0 rings (SSSR count). The number of primary amides is 1. The molecule has 6 amide bonds. The van der Waals surface area contributed by atoms with Gasteiger partial charge in [0.15, 0.2) is 0 Å². The Morgan fingerprint density at radius 1 is 0.725 bits per heavy atom. The number of nitrogens with two attached hydrogens (primary N) is 3. The highest BCUT2D eigenvalue weighted by Gasteiger charge is 2.29. The van der Waals surface area contributed by atoms with Gasteiger partial charge in [0.1, 0.15) is 24.2 Å². The lowest BCUT2D eigenvalue weighted by Crippen LogP contribution is -2.56. The van der Waals surface area contributed by atoms with Crippen LogP contribution < -0.4 is 43.8 Å². The predicted octanol–water partition coefficient (Wildman–Crippen LogP) is -5.03. The summed E-state index contributed by atoms with van der Waals surface area (Å²) in [6.45, 7) is 0.708. The Hall–Kier alpha value is -4.32. The van der Waals surface area contributed by atoms with E-state index in [-0.39, 0.29) is 13.0 Å². The van der Waals surface area contributed by atoms with Crippen LogP contribution >= 0.6 is 0 Å². The third-order valence-corrected chi connectivity index (χ3v) is 5.28. The van der Waals surface area contributed by atoms with Crippen molar-refractivity contribution in [2.75, 3.05) is 19.6 Å². The number of rotatable bonds is 20. The molecule has 0 heterocycles. The molecule has 0 aromatic rings. The molecule has 0 unspecified atom stereocenters. The van der Waals surface area contributed by atoms with Crippen LogP contribution in [0.5, 0.6) is 0 Å². The molecule has 0 saturated carbocycles. The third-order valence-electron chi connectivity index (χ3n) is 5.28. The molecular weight excluding hydrogens is 536 g/mol. The normalized spacial score (nSPS) is 13.5. The van der Waals surface area contributed by atoms with Gasteiger partial charge < -0.3 is 54.0 Å². The van der Waals surface area contributed by atoms with Gasteiger partial charge in [-0.15, -0.1) is 0 Å². The van der Waals surface area contributed by atoms with E-state index in [9.17, 15) is 38.4 Å². The van der Waals surface area contributed by atoms with Crippen LogP contribution in [0.15, 0.2) is 0 Å². The molecule has 13 N–H and O–H groups in total. The average molecular weight is 575 g/mol. The maximum atomic E-state index is 12.6. The molecular formula is C22H38N8O10. The number of carbonyl (C=O) groups excluding carboxylic acids is 6. The highest BCUT2D eigenvalue weighted by molar-refractivity contribution is 5.95. The first-order valence-electron chi connectivity index (χ1n) is 12.3. The Morgan fingerprint density at radius 2 is 1.32 bits per heavy atom. The van der Waals surface area contributed by atoms with E-state index in [4.69, 9.17) is 27.4 Å². The Balaban J connectivity index is 5.15. The molecule has 18 heteroatoms. The number of unbranched alkanes of at least 4 members (excludes halogenated alkanes) is 1. The number of aliphatic carboxylic acids is 2. The highest BCUT2D eigenvalue weighted by atomic mass is 16.4. The van der Waals surface area contributed by atoms with E-state index < -0.39 is 97.4 Å². The van der Waals surface area contributed by atoms with Crippen LogP contribution in [-0.4, -0.2) is 101 Å². The molecule has 4 atom stereocenters. The molecule has 0 aliphatic heterocycles. The second-order valence-electron chi connectivity index (χ2n) is 8.68. The molecule has 18 nitrogen and oxygen atoms in total. The summed E-state index contributed by atoms with van der Waals surface area (Å²) in [7, 11) is 0. The second kappa shape index (κ2) is 18.9. The van der Waals surface area contributed by atoms with E-state index in [1.165, 1.54) is 6.92 Å². The summed E-state index contributed by atoms with van der Waals surface area (Å²) in [4.78, 5) is 94.8. The standard InChI is InChI=1S/C22H38N8O10/c1-11(27-17(33)10-26-20(37)12(4-2-3-7-23)28-16(32)9-24)19(36)29-13(5-6-18(34)35)21(38)30-14(22(39)40)8-15(25)31/h11-14H,2-10,23-24H2,1H3,(H2,25,31)(H,26,37)(H,27,33)(H,28,32)(H,29,36)(H,30,38)(H,34,35)(H,39,40)/t11-,12-,13-,14-/m0/s1. The summed E-state index contributed by atoms with van der Waals surface area (Å²) >= 11 is 0. The minimum atomic E-state index is -1.72. The Labute approximate surface area is 229 Å².